The fraction of sp³-hybridized carbons (Fsp3) is 0.250. The second kappa shape index (κ2) is 5.35. The van der Waals surface area contributed by atoms with Crippen LogP contribution >= 0.6 is 11.3 Å². The van der Waals surface area contributed by atoms with Gasteiger partial charge in [-0.15, -0.1) is 11.3 Å². The molecule has 0 spiro atoms. The van der Waals surface area contributed by atoms with Gasteiger partial charge in [0.2, 0.25) is 0 Å². The summed E-state index contributed by atoms with van der Waals surface area (Å²) in [5, 5.41) is 0. The van der Waals surface area contributed by atoms with Gasteiger partial charge >= 0.3 is 0 Å². The highest BCUT2D eigenvalue weighted by Crippen LogP contribution is 2.23. The van der Waals surface area contributed by atoms with Crippen LogP contribution in [0, 0.1) is 12.7 Å². The normalized spacial score (nSPS) is 12.6. The summed E-state index contributed by atoms with van der Waals surface area (Å²) in [6.07, 6.45) is 2.42. The van der Waals surface area contributed by atoms with Crippen molar-refractivity contribution in [1.29, 1.82) is 0 Å². The summed E-state index contributed by atoms with van der Waals surface area (Å²) in [7, 11) is 0. The van der Waals surface area contributed by atoms with E-state index >= 15 is 0 Å². The first-order chi connectivity index (χ1) is 8.22. The molecule has 0 aliphatic carbocycles. The van der Waals surface area contributed by atoms with Gasteiger partial charge in [0.15, 0.2) is 0 Å². The zero-order valence-electron chi connectivity index (χ0n) is 9.48. The van der Waals surface area contributed by atoms with Crippen LogP contribution in [-0.2, 0) is 6.42 Å². The Morgan fingerprint density at radius 3 is 3.00 bits per heavy atom. The molecule has 0 saturated heterocycles. The topological polar surface area (TPSA) is 50.9 Å². The largest absolute Gasteiger partial charge is 0.271 e. The van der Waals surface area contributed by atoms with Gasteiger partial charge in [-0.3, -0.25) is 16.3 Å². The molecule has 0 amide bonds. The molecule has 1 atom stereocenters. The summed E-state index contributed by atoms with van der Waals surface area (Å²) in [6, 6.07) is 5.12. The molecule has 3 nitrogen and oxygen atoms in total. The Balaban J connectivity index is 2.26. The number of hydrazine groups is 1. The van der Waals surface area contributed by atoms with Crippen molar-refractivity contribution in [3.05, 3.63) is 51.7 Å². The van der Waals surface area contributed by atoms with Gasteiger partial charge in [0.1, 0.15) is 5.82 Å². The van der Waals surface area contributed by atoms with Crippen LogP contribution in [0.15, 0.2) is 29.9 Å². The first-order valence-electron chi connectivity index (χ1n) is 5.31. The Labute approximate surface area is 103 Å². The molecule has 3 N–H and O–H groups in total. The smallest absolute Gasteiger partial charge is 0.130 e. The molecular weight excluding hydrogens is 237 g/mol. The molecule has 5 heteroatoms. The van der Waals surface area contributed by atoms with Crippen LogP contribution in [0.5, 0.6) is 0 Å². The number of aryl methyl sites for hydroxylation is 1. The fourth-order valence-corrected chi connectivity index (χ4v) is 2.38. The van der Waals surface area contributed by atoms with Crippen LogP contribution in [0.2, 0.25) is 0 Å². The van der Waals surface area contributed by atoms with Crippen molar-refractivity contribution in [2.24, 2.45) is 5.84 Å². The number of nitrogens with two attached hydrogens (primary N) is 1. The van der Waals surface area contributed by atoms with Crippen molar-refractivity contribution in [2.75, 3.05) is 0 Å². The molecule has 17 heavy (non-hydrogen) atoms. The van der Waals surface area contributed by atoms with E-state index < -0.39 is 0 Å². The number of thiazole rings is 1. The maximum atomic E-state index is 14.0. The number of hydrogen-bond donors (Lipinski definition) is 2. The Morgan fingerprint density at radius 1 is 1.53 bits per heavy atom. The highest BCUT2D eigenvalue weighted by molar-refractivity contribution is 7.09. The number of benzene rings is 1. The second-order valence-corrected chi connectivity index (χ2v) is 4.84. The second-order valence-electron chi connectivity index (χ2n) is 3.87. The van der Waals surface area contributed by atoms with Gasteiger partial charge in [-0.1, -0.05) is 18.2 Å². The number of halogens is 1. The third kappa shape index (κ3) is 2.69. The molecule has 2 aromatic rings. The third-order valence-electron chi connectivity index (χ3n) is 2.69. The number of rotatable bonds is 4. The molecule has 2 rings (SSSR count). The van der Waals surface area contributed by atoms with E-state index in [9.17, 15) is 4.39 Å². The maximum absolute atomic E-state index is 14.0. The zero-order chi connectivity index (χ0) is 12.3. The molecule has 0 fully saturated rings. The van der Waals surface area contributed by atoms with E-state index in [1.165, 1.54) is 0 Å². The van der Waals surface area contributed by atoms with Gasteiger partial charge in [-0.25, -0.2) is 4.39 Å². The third-order valence-corrected chi connectivity index (χ3v) is 3.49. The molecular formula is C12H14FN3S. The van der Waals surface area contributed by atoms with E-state index in [0.717, 1.165) is 4.88 Å². The van der Waals surface area contributed by atoms with Gasteiger partial charge in [0, 0.05) is 23.1 Å². The lowest BCUT2D eigenvalue weighted by Crippen LogP contribution is -2.30. The molecule has 1 heterocycles. The van der Waals surface area contributed by atoms with Crippen molar-refractivity contribution in [3.63, 3.8) is 0 Å². The monoisotopic (exact) mass is 251 g/mol. The number of aromatic nitrogens is 1. The minimum Gasteiger partial charge on any atom is -0.271 e. The number of nitrogens with one attached hydrogen (secondary N) is 1. The van der Waals surface area contributed by atoms with E-state index in [1.807, 2.05) is 6.07 Å². The SMILES string of the molecule is Cc1cccc(C(Cc2cncs2)NN)c1F. The lowest BCUT2D eigenvalue weighted by molar-refractivity contribution is 0.509. The number of hydrogen-bond acceptors (Lipinski definition) is 4. The minimum absolute atomic E-state index is 0.194. The molecule has 0 bridgehead atoms. The number of nitrogens with zero attached hydrogens (tertiary/aromatic N) is 1. The lowest BCUT2D eigenvalue weighted by atomic mass is 10.0. The van der Waals surface area contributed by atoms with Crippen molar-refractivity contribution < 1.29 is 4.39 Å². The summed E-state index contributed by atoms with van der Waals surface area (Å²) in [5.74, 6) is 5.31. The maximum Gasteiger partial charge on any atom is 0.130 e. The van der Waals surface area contributed by atoms with E-state index in [4.69, 9.17) is 5.84 Å². The standard InChI is InChI=1S/C12H14FN3S/c1-8-3-2-4-10(12(8)13)11(16-14)5-9-6-15-7-17-9/h2-4,6-7,11,16H,5,14H2,1H3. The Hall–Kier alpha value is -1.30. The predicted molar refractivity (Wildman–Crippen MR) is 67.0 cm³/mol. The Kier molecular flexibility index (Phi) is 3.83. The van der Waals surface area contributed by atoms with E-state index in [-0.39, 0.29) is 11.9 Å². The van der Waals surface area contributed by atoms with Crippen LogP contribution in [0.25, 0.3) is 0 Å². The van der Waals surface area contributed by atoms with Crippen LogP contribution in [0.1, 0.15) is 22.0 Å². The van der Waals surface area contributed by atoms with Gasteiger partial charge in [0.05, 0.1) is 11.6 Å². The Morgan fingerprint density at radius 2 is 2.35 bits per heavy atom. The van der Waals surface area contributed by atoms with Gasteiger partial charge in [-0.05, 0) is 12.5 Å². The van der Waals surface area contributed by atoms with Crippen LogP contribution in [-0.4, -0.2) is 4.98 Å². The van der Waals surface area contributed by atoms with Crippen molar-refractivity contribution in [3.8, 4) is 0 Å². The quantitative estimate of drug-likeness (QED) is 0.648. The average molecular weight is 251 g/mol. The summed E-state index contributed by atoms with van der Waals surface area (Å²) in [4.78, 5) is 5.08. The Bertz CT molecular complexity index is 485. The summed E-state index contributed by atoms with van der Waals surface area (Å²) in [6.45, 7) is 1.75. The van der Waals surface area contributed by atoms with Gasteiger partial charge < -0.3 is 0 Å². The van der Waals surface area contributed by atoms with Crippen molar-refractivity contribution >= 4 is 11.3 Å². The summed E-state index contributed by atoms with van der Waals surface area (Å²) < 4.78 is 14.0. The first kappa shape index (κ1) is 12.2. The van der Waals surface area contributed by atoms with Crippen LogP contribution in [0.4, 0.5) is 4.39 Å². The summed E-state index contributed by atoms with van der Waals surface area (Å²) in [5.41, 5.74) is 5.65. The molecule has 0 aliphatic rings. The predicted octanol–water partition coefficient (Wildman–Crippen LogP) is 2.34. The van der Waals surface area contributed by atoms with Gasteiger partial charge in [-0.2, -0.15) is 0 Å². The molecule has 1 aromatic heterocycles. The van der Waals surface area contributed by atoms with Gasteiger partial charge in [0.25, 0.3) is 0 Å². The van der Waals surface area contributed by atoms with Crippen LogP contribution in [0.3, 0.4) is 0 Å². The first-order valence-corrected chi connectivity index (χ1v) is 6.19. The molecule has 1 aromatic carbocycles. The molecule has 0 saturated carbocycles. The summed E-state index contributed by atoms with van der Waals surface area (Å²) >= 11 is 1.54. The van der Waals surface area contributed by atoms with E-state index in [2.05, 4.69) is 10.4 Å². The van der Waals surface area contributed by atoms with E-state index in [0.29, 0.717) is 17.5 Å². The average Bonchev–Trinajstić information content (AvgIpc) is 2.83. The molecule has 1 unspecified atom stereocenters. The minimum atomic E-state index is -0.227. The van der Waals surface area contributed by atoms with Crippen molar-refractivity contribution in [2.45, 2.75) is 19.4 Å². The molecule has 0 radical (unpaired) electrons. The molecule has 0 aliphatic heterocycles. The van der Waals surface area contributed by atoms with E-state index in [1.54, 1.807) is 42.1 Å². The fourth-order valence-electron chi connectivity index (χ4n) is 1.74. The lowest BCUT2D eigenvalue weighted by Gasteiger charge is -2.16. The van der Waals surface area contributed by atoms with Crippen molar-refractivity contribution in [1.82, 2.24) is 10.4 Å². The molecule has 90 valence electrons. The highest BCUT2D eigenvalue weighted by Gasteiger charge is 2.16. The highest BCUT2D eigenvalue weighted by atomic mass is 32.1. The van der Waals surface area contributed by atoms with Crippen LogP contribution < -0.4 is 11.3 Å². The zero-order valence-corrected chi connectivity index (χ0v) is 10.3.